The number of hydrogen-bond acceptors (Lipinski definition) is 5. The van der Waals surface area contributed by atoms with Gasteiger partial charge in [0.05, 0.1) is 23.0 Å². The van der Waals surface area contributed by atoms with Crippen LogP contribution in [0, 0.1) is 12.7 Å². The molecule has 0 atom stereocenters. The Morgan fingerprint density at radius 1 is 1.21 bits per heavy atom. The Hall–Kier alpha value is -3.46. The molecule has 0 saturated carbocycles. The number of hydrogen-bond donors (Lipinski definition) is 1. The maximum Gasteiger partial charge on any atom is 0.307 e. The highest BCUT2D eigenvalue weighted by atomic mass is 32.2. The molecule has 0 radical (unpaired) electrons. The predicted molar refractivity (Wildman–Crippen MR) is 102 cm³/mol. The zero-order valence-corrected chi connectivity index (χ0v) is 16.0. The first-order chi connectivity index (χ1) is 13.8. The number of aliphatic carboxylic acids is 1. The van der Waals surface area contributed by atoms with Crippen LogP contribution in [0.25, 0.3) is 22.2 Å². The molecule has 7 nitrogen and oxygen atoms in total. The van der Waals surface area contributed by atoms with Crippen molar-refractivity contribution in [2.75, 3.05) is 0 Å². The number of carbonyl (C=O) groups is 1. The summed E-state index contributed by atoms with van der Waals surface area (Å²) in [7, 11) is -4.05. The molecular formula is C20H15FN2O5S. The molecular weight excluding hydrogens is 399 g/mol. The van der Waals surface area contributed by atoms with E-state index in [0.29, 0.717) is 11.3 Å². The number of aromatic nitrogens is 2. The molecule has 4 rings (SSSR count). The van der Waals surface area contributed by atoms with E-state index in [0.717, 1.165) is 16.1 Å². The predicted octanol–water partition coefficient (Wildman–Crippen LogP) is 3.61. The van der Waals surface area contributed by atoms with Crippen LogP contribution >= 0.6 is 0 Å². The van der Waals surface area contributed by atoms with Gasteiger partial charge in [-0.2, -0.15) is 0 Å². The van der Waals surface area contributed by atoms with Crippen molar-refractivity contribution < 1.29 is 27.1 Å². The van der Waals surface area contributed by atoms with Crippen molar-refractivity contribution in [2.45, 2.75) is 18.2 Å². The lowest BCUT2D eigenvalue weighted by Gasteiger charge is -2.11. The van der Waals surface area contributed by atoms with Gasteiger partial charge < -0.3 is 9.52 Å². The number of nitrogens with zero attached hydrogens (tertiary/aromatic N) is 2. The third kappa shape index (κ3) is 3.19. The fourth-order valence-electron chi connectivity index (χ4n) is 3.36. The lowest BCUT2D eigenvalue weighted by molar-refractivity contribution is -0.136. The van der Waals surface area contributed by atoms with Gasteiger partial charge >= 0.3 is 5.97 Å². The van der Waals surface area contributed by atoms with Gasteiger partial charge in [0, 0.05) is 16.6 Å². The molecule has 9 heteroatoms. The van der Waals surface area contributed by atoms with E-state index >= 15 is 0 Å². The summed E-state index contributed by atoms with van der Waals surface area (Å²) in [6.45, 7) is 1.51. The van der Waals surface area contributed by atoms with Gasteiger partial charge in [-0.15, -0.1) is 0 Å². The molecule has 2 aromatic carbocycles. The summed E-state index contributed by atoms with van der Waals surface area (Å²) >= 11 is 0. The molecule has 0 aliphatic rings. The number of benzene rings is 2. The average Bonchev–Trinajstić information content (AvgIpc) is 3.30. The monoisotopic (exact) mass is 414 g/mol. The molecule has 4 aromatic rings. The van der Waals surface area contributed by atoms with E-state index in [9.17, 15) is 22.7 Å². The molecule has 2 heterocycles. The summed E-state index contributed by atoms with van der Waals surface area (Å²) in [6.07, 6.45) is 2.37. The highest BCUT2D eigenvalue weighted by molar-refractivity contribution is 7.90. The van der Waals surface area contributed by atoms with Crippen molar-refractivity contribution in [2.24, 2.45) is 0 Å². The van der Waals surface area contributed by atoms with Crippen LogP contribution in [0.3, 0.4) is 0 Å². The lowest BCUT2D eigenvalue weighted by Crippen LogP contribution is -2.15. The van der Waals surface area contributed by atoms with Crippen LogP contribution in [0.2, 0.25) is 0 Å². The van der Waals surface area contributed by atoms with E-state index < -0.39 is 28.2 Å². The first-order valence-electron chi connectivity index (χ1n) is 8.55. The average molecular weight is 414 g/mol. The zero-order chi connectivity index (χ0) is 20.8. The van der Waals surface area contributed by atoms with E-state index in [1.54, 1.807) is 12.1 Å². The number of carboxylic acids is 1. The second-order valence-corrected chi connectivity index (χ2v) is 8.24. The quantitative estimate of drug-likeness (QED) is 0.535. The third-order valence-electron chi connectivity index (χ3n) is 4.68. The smallest absolute Gasteiger partial charge is 0.307 e. The van der Waals surface area contributed by atoms with Crippen LogP contribution in [-0.2, 0) is 21.2 Å². The first kappa shape index (κ1) is 18.9. The Morgan fingerprint density at radius 3 is 2.55 bits per heavy atom. The molecule has 29 heavy (non-hydrogen) atoms. The zero-order valence-electron chi connectivity index (χ0n) is 15.2. The third-order valence-corrected chi connectivity index (χ3v) is 6.50. The van der Waals surface area contributed by atoms with Crippen LogP contribution < -0.4 is 0 Å². The molecule has 0 fully saturated rings. The number of carboxylic acid groups (broad SMARTS) is 1. The number of halogens is 1. The summed E-state index contributed by atoms with van der Waals surface area (Å²) < 4.78 is 46.7. The van der Waals surface area contributed by atoms with Gasteiger partial charge in [0.15, 0.2) is 12.2 Å². The number of oxazole rings is 1. The fraction of sp³-hybridized carbons (Fsp3) is 0.100. The van der Waals surface area contributed by atoms with E-state index in [4.69, 9.17) is 4.42 Å². The van der Waals surface area contributed by atoms with Gasteiger partial charge in [0.25, 0.3) is 10.0 Å². The second kappa shape index (κ2) is 6.85. The maximum atomic E-state index is 13.8. The van der Waals surface area contributed by atoms with Gasteiger partial charge in [0.2, 0.25) is 0 Å². The van der Waals surface area contributed by atoms with Crippen molar-refractivity contribution in [1.82, 2.24) is 8.96 Å². The number of rotatable bonds is 5. The molecule has 1 N–H and O–H groups in total. The molecule has 2 aromatic heterocycles. The molecule has 0 unspecified atom stereocenters. The van der Waals surface area contributed by atoms with Gasteiger partial charge in [-0.05, 0) is 55.0 Å². The Morgan fingerprint density at radius 2 is 1.93 bits per heavy atom. The van der Waals surface area contributed by atoms with E-state index in [2.05, 4.69) is 4.98 Å². The molecule has 0 bridgehead atoms. The molecule has 0 aliphatic carbocycles. The minimum atomic E-state index is -4.05. The van der Waals surface area contributed by atoms with E-state index in [-0.39, 0.29) is 27.1 Å². The van der Waals surface area contributed by atoms with Crippen LogP contribution in [0.1, 0.15) is 11.3 Å². The first-order valence-corrected chi connectivity index (χ1v) is 9.99. The molecule has 0 aliphatic heterocycles. The van der Waals surface area contributed by atoms with Gasteiger partial charge in [-0.1, -0.05) is 0 Å². The topological polar surface area (TPSA) is 102 Å². The van der Waals surface area contributed by atoms with Crippen LogP contribution in [0.4, 0.5) is 4.39 Å². The number of fused-ring (bicyclic) bond motifs is 1. The molecule has 0 saturated heterocycles. The van der Waals surface area contributed by atoms with Gasteiger partial charge in [-0.3, -0.25) is 4.79 Å². The van der Waals surface area contributed by atoms with Crippen molar-refractivity contribution in [3.8, 4) is 11.3 Å². The summed E-state index contributed by atoms with van der Waals surface area (Å²) in [6, 6.07) is 9.67. The highest BCUT2D eigenvalue weighted by Crippen LogP contribution is 2.31. The minimum absolute atomic E-state index is 0.00645. The van der Waals surface area contributed by atoms with Gasteiger partial charge in [0.1, 0.15) is 5.82 Å². The molecule has 148 valence electrons. The maximum absolute atomic E-state index is 13.8. The van der Waals surface area contributed by atoms with Gasteiger partial charge in [-0.25, -0.2) is 21.8 Å². The Labute approximate surface area is 165 Å². The van der Waals surface area contributed by atoms with E-state index in [1.807, 2.05) is 0 Å². The van der Waals surface area contributed by atoms with Crippen LogP contribution in [-0.4, -0.2) is 28.5 Å². The van der Waals surface area contributed by atoms with Crippen molar-refractivity contribution in [3.63, 3.8) is 0 Å². The largest absolute Gasteiger partial charge is 0.481 e. The standard InChI is InChI=1S/C20H15FN2O5S/c1-12-16(9-20(24)25)17-8-14(21)4-7-18(17)23(12)29(26,27)15-5-2-13(3-6-15)19-10-22-11-28-19/h2-8,10-11H,9H2,1H3,(H,24,25). The van der Waals surface area contributed by atoms with Crippen molar-refractivity contribution in [3.05, 3.63) is 72.1 Å². The normalized spacial score (nSPS) is 11.8. The summed E-state index contributed by atoms with van der Waals surface area (Å²) in [5, 5.41) is 9.46. The Bertz CT molecular complexity index is 1320. The van der Waals surface area contributed by atoms with Crippen molar-refractivity contribution in [1.29, 1.82) is 0 Å². The Kier molecular flexibility index (Phi) is 4.46. The van der Waals surface area contributed by atoms with Crippen molar-refractivity contribution >= 4 is 26.9 Å². The van der Waals surface area contributed by atoms with Crippen LogP contribution in [0.5, 0.6) is 0 Å². The second-order valence-electron chi connectivity index (χ2n) is 6.46. The van der Waals surface area contributed by atoms with Crippen LogP contribution in [0.15, 0.2) is 64.4 Å². The summed E-state index contributed by atoms with van der Waals surface area (Å²) in [5.74, 6) is -1.21. The molecule has 0 spiro atoms. The SMILES string of the molecule is Cc1c(CC(=O)O)c2cc(F)ccc2n1S(=O)(=O)c1ccc(-c2cnco2)cc1. The summed E-state index contributed by atoms with van der Waals surface area (Å²) in [4.78, 5) is 15.1. The van der Waals surface area contributed by atoms with E-state index in [1.165, 1.54) is 37.7 Å². The fourth-order valence-corrected chi connectivity index (χ4v) is 4.94. The summed E-state index contributed by atoms with van der Waals surface area (Å²) in [5.41, 5.74) is 1.37. The minimum Gasteiger partial charge on any atom is -0.481 e. The molecule has 0 amide bonds. The highest BCUT2D eigenvalue weighted by Gasteiger charge is 2.26. The lowest BCUT2D eigenvalue weighted by atomic mass is 10.1. The Balaban J connectivity index is 1.89.